The molecule has 0 aliphatic carbocycles. The average Bonchev–Trinajstić information content (AvgIpc) is 2.65. The third-order valence-corrected chi connectivity index (χ3v) is 4.96. The number of benzene rings is 1. The summed E-state index contributed by atoms with van der Waals surface area (Å²) in [7, 11) is 0. The molecule has 1 aromatic carbocycles. The molecular weight excluding hydrogens is 445 g/mol. The third-order valence-electron chi connectivity index (χ3n) is 4.24. The van der Waals surface area contributed by atoms with E-state index in [9.17, 15) is 9.90 Å². The number of amides is 1. The summed E-state index contributed by atoms with van der Waals surface area (Å²) in [6.45, 7) is 2.61. The summed E-state index contributed by atoms with van der Waals surface area (Å²) < 4.78 is 12.8. The van der Waals surface area contributed by atoms with Gasteiger partial charge >= 0.3 is 0 Å². The van der Waals surface area contributed by atoms with Crippen LogP contribution in [0.3, 0.4) is 0 Å². The predicted molar refractivity (Wildman–Crippen MR) is 108 cm³/mol. The van der Waals surface area contributed by atoms with Crippen molar-refractivity contribution < 1.29 is 19.4 Å². The monoisotopic (exact) mass is 469 g/mol. The molecule has 26 heavy (non-hydrogen) atoms. The van der Waals surface area contributed by atoms with Crippen molar-refractivity contribution >= 4 is 28.5 Å². The van der Waals surface area contributed by atoms with Gasteiger partial charge in [0.2, 0.25) is 6.29 Å². The molecule has 2 rings (SSSR count). The van der Waals surface area contributed by atoms with Gasteiger partial charge in [0.05, 0.1) is 6.54 Å². The maximum atomic E-state index is 12.4. The number of ether oxygens (including phenoxy) is 2. The Labute approximate surface area is 168 Å². The molecule has 2 N–H and O–H groups in total. The molecule has 0 fully saturated rings. The molecule has 0 aromatic heterocycles. The first-order chi connectivity index (χ1) is 12.6. The maximum Gasteiger partial charge on any atom is 0.286 e. The molecule has 0 bridgehead atoms. The summed E-state index contributed by atoms with van der Waals surface area (Å²) in [5.41, 5.74) is 1.09. The zero-order valence-corrected chi connectivity index (χ0v) is 16.9. The van der Waals surface area contributed by atoms with E-state index in [0.717, 1.165) is 15.6 Å². The van der Waals surface area contributed by atoms with Crippen molar-refractivity contribution in [2.45, 2.75) is 32.0 Å². The van der Waals surface area contributed by atoms with Crippen LogP contribution >= 0.6 is 22.6 Å². The van der Waals surface area contributed by atoms with E-state index >= 15 is 0 Å². The van der Waals surface area contributed by atoms with Crippen LogP contribution in [-0.2, 0) is 14.3 Å². The van der Waals surface area contributed by atoms with Gasteiger partial charge < -0.3 is 19.9 Å². The molecule has 0 spiro atoms. The Kier molecular flexibility index (Phi) is 8.42. The Hall–Kier alpha value is -1.56. The molecule has 0 saturated carbocycles. The quantitative estimate of drug-likeness (QED) is 0.454. The molecule has 1 heterocycles. The molecule has 0 saturated heterocycles. The van der Waals surface area contributed by atoms with Gasteiger partial charge in [-0.2, -0.15) is 0 Å². The summed E-state index contributed by atoms with van der Waals surface area (Å²) in [6.07, 6.45) is 7.88. The van der Waals surface area contributed by atoms with Crippen LogP contribution in [0, 0.1) is 21.8 Å². The first kappa shape index (κ1) is 20.7. The van der Waals surface area contributed by atoms with Crippen molar-refractivity contribution in [2.75, 3.05) is 19.8 Å². The highest BCUT2D eigenvalue weighted by atomic mass is 127. The lowest BCUT2D eigenvalue weighted by molar-refractivity contribution is -0.166. The van der Waals surface area contributed by atoms with Crippen LogP contribution in [0.15, 0.2) is 36.1 Å². The number of aliphatic hydroxyl groups excluding tert-OH is 1. The van der Waals surface area contributed by atoms with Crippen molar-refractivity contribution in [1.29, 1.82) is 0 Å². The predicted octanol–water partition coefficient (Wildman–Crippen LogP) is 2.79. The summed E-state index contributed by atoms with van der Waals surface area (Å²) in [6, 6.07) is 8.19. The molecular formula is C20H24INO4. The van der Waals surface area contributed by atoms with Crippen LogP contribution in [0.25, 0.3) is 0 Å². The van der Waals surface area contributed by atoms with Gasteiger partial charge in [-0.05, 0) is 66.1 Å². The fraction of sp³-hybridized carbons (Fsp3) is 0.450. The van der Waals surface area contributed by atoms with Gasteiger partial charge in [-0.3, -0.25) is 4.79 Å². The van der Waals surface area contributed by atoms with Crippen molar-refractivity contribution in [1.82, 2.24) is 5.32 Å². The number of halogens is 1. The van der Waals surface area contributed by atoms with Gasteiger partial charge in [-0.15, -0.1) is 6.42 Å². The van der Waals surface area contributed by atoms with E-state index < -0.39 is 6.29 Å². The lowest BCUT2D eigenvalue weighted by Gasteiger charge is -2.37. The average molecular weight is 469 g/mol. The molecule has 140 valence electrons. The lowest BCUT2D eigenvalue weighted by atomic mass is 9.80. The number of nitrogens with one attached hydrogen (secondary N) is 1. The van der Waals surface area contributed by atoms with Crippen LogP contribution in [0.4, 0.5) is 0 Å². The second-order valence-corrected chi connectivity index (χ2v) is 7.21. The number of aliphatic hydroxyl groups is 1. The number of allylic oxidation sites excluding steroid dienone is 1. The Balaban J connectivity index is 2.37. The summed E-state index contributed by atoms with van der Waals surface area (Å²) in [5.74, 6) is 2.23. The van der Waals surface area contributed by atoms with E-state index in [1.807, 2.05) is 25.1 Å². The number of hydrogen-bond acceptors (Lipinski definition) is 4. The smallest absolute Gasteiger partial charge is 0.286 e. The fourth-order valence-corrected chi connectivity index (χ4v) is 3.41. The normalized spacial score (nSPS) is 22.1. The van der Waals surface area contributed by atoms with Crippen LogP contribution in [-0.4, -0.2) is 37.1 Å². The number of carbonyl (C=O) groups is 1. The summed E-state index contributed by atoms with van der Waals surface area (Å²) >= 11 is 2.26. The third kappa shape index (κ3) is 5.47. The van der Waals surface area contributed by atoms with E-state index in [1.165, 1.54) is 0 Å². The van der Waals surface area contributed by atoms with Crippen molar-refractivity contribution in [3.8, 4) is 12.3 Å². The number of terminal acetylenes is 1. The number of carbonyl (C=O) groups excluding carboxylic acids is 1. The highest BCUT2D eigenvalue weighted by molar-refractivity contribution is 14.1. The van der Waals surface area contributed by atoms with Crippen LogP contribution in [0.1, 0.15) is 31.2 Å². The van der Waals surface area contributed by atoms with E-state index in [4.69, 9.17) is 15.9 Å². The second kappa shape index (κ2) is 10.6. The van der Waals surface area contributed by atoms with Crippen LogP contribution < -0.4 is 5.32 Å². The largest absolute Gasteiger partial charge is 0.459 e. The van der Waals surface area contributed by atoms with Gasteiger partial charge in [-0.1, -0.05) is 18.1 Å². The minimum Gasteiger partial charge on any atom is -0.459 e. The summed E-state index contributed by atoms with van der Waals surface area (Å²) in [4.78, 5) is 12.4. The van der Waals surface area contributed by atoms with Gasteiger partial charge in [0.25, 0.3) is 5.91 Å². The van der Waals surface area contributed by atoms with Crippen molar-refractivity contribution in [2.24, 2.45) is 5.92 Å². The second-order valence-electron chi connectivity index (χ2n) is 5.97. The first-order valence-electron chi connectivity index (χ1n) is 8.68. The molecule has 1 aliphatic heterocycles. The summed E-state index contributed by atoms with van der Waals surface area (Å²) in [5, 5.41) is 11.9. The molecule has 5 nitrogen and oxygen atoms in total. The minimum absolute atomic E-state index is 0.00587. The number of rotatable bonds is 8. The standard InChI is InChI=1S/C20H24INO4/c1-3-11-22-19(24)18-13-17(14-7-9-15(21)10-8-14)16(6-5-12-23)20(26-18)25-4-2/h1,7-10,13,16-17,20,23H,4-6,11-12H2,2H3,(H,22,24)/t16-,17-,20-/m1/s1. The molecule has 6 heteroatoms. The van der Waals surface area contributed by atoms with Crippen molar-refractivity contribution in [3.05, 3.63) is 45.2 Å². The number of hydrogen-bond donors (Lipinski definition) is 2. The van der Waals surface area contributed by atoms with E-state index in [0.29, 0.717) is 13.0 Å². The zero-order valence-electron chi connectivity index (χ0n) is 14.8. The van der Waals surface area contributed by atoms with Gasteiger partial charge in [-0.25, -0.2) is 0 Å². The van der Waals surface area contributed by atoms with Crippen LogP contribution in [0.5, 0.6) is 0 Å². The lowest BCUT2D eigenvalue weighted by Crippen LogP contribution is -2.39. The van der Waals surface area contributed by atoms with E-state index in [-0.39, 0.29) is 36.7 Å². The zero-order chi connectivity index (χ0) is 18.9. The molecule has 0 radical (unpaired) electrons. The topological polar surface area (TPSA) is 67.8 Å². The Morgan fingerprint density at radius 1 is 1.42 bits per heavy atom. The fourth-order valence-electron chi connectivity index (χ4n) is 3.05. The minimum atomic E-state index is -0.549. The van der Waals surface area contributed by atoms with Gasteiger partial charge in [0, 0.05) is 28.6 Å². The van der Waals surface area contributed by atoms with Crippen molar-refractivity contribution in [3.63, 3.8) is 0 Å². The molecule has 1 aromatic rings. The Bertz CT molecular complexity index is 665. The van der Waals surface area contributed by atoms with Gasteiger partial charge in [0.15, 0.2) is 5.76 Å². The molecule has 3 atom stereocenters. The highest BCUT2D eigenvalue weighted by Gasteiger charge is 2.37. The maximum absolute atomic E-state index is 12.4. The Morgan fingerprint density at radius 3 is 2.77 bits per heavy atom. The molecule has 1 aliphatic rings. The van der Waals surface area contributed by atoms with Crippen LogP contribution in [0.2, 0.25) is 0 Å². The molecule has 1 amide bonds. The highest BCUT2D eigenvalue weighted by Crippen LogP contribution is 2.39. The van der Waals surface area contributed by atoms with Gasteiger partial charge in [0.1, 0.15) is 0 Å². The first-order valence-corrected chi connectivity index (χ1v) is 9.76. The SMILES string of the molecule is C#CCNC(=O)C1=C[C@H](c2ccc(I)cc2)[C@@H](CCCO)[C@H](OCC)O1. The Morgan fingerprint density at radius 2 is 2.15 bits per heavy atom. The molecule has 0 unspecified atom stereocenters. The van der Waals surface area contributed by atoms with E-state index in [1.54, 1.807) is 0 Å². The van der Waals surface area contributed by atoms with E-state index in [2.05, 4.69) is 46.0 Å².